The molecule has 0 aromatic heterocycles. The molecule has 0 amide bonds. The van der Waals surface area contributed by atoms with E-state index in [-0.39, 0.29) is 0 Å². The van der Waals surface area contributed by atoms with E-state index >= 15 is 0 Å². The predicted octanol–water partition coefficient (Wildman–Crippen LogP) is 7.07. The fourth-order valence-corrected chi connectivity index (χ4v) is 2.97. The fourth-order valence-electron chi connectivity index (χ4n) is 2.38. The van der Waals surface area contributed by atoms with Gasteiger partial charge >= 0.3 is 0 Å². The molecule has 0 saturated heterocycles. The number of hydrogen-bond acceptors (Lipinski definition) is 0. The minimum Gasteiger partial charge on any atom is -0.0840 e. The van der Waals surface area contributed by atoms with E-state index in [1.165, 1.54) is 57.8 Å². The van der Waals surface area contributed by atoms with Crippen LogP contribution in [0.3, 0.4) is 0 Å². The third-order valence-corrected chi connectivity index (χ3v) is 4.30. The monoisotopic (exact) mass is 300 g/mol. The Kier molecular flexibility index (Phi) is 9.38. The van der Waals surface area contributed by atoms with E-state index in [2.05, 4.69) is 6.92 Å². The second-order valence-electron chi connectivity index (χ2n) is 5.28. The summed E-state index contributed by atoms with van der Waals surface area (Å²) in [5.74, 6) is 0. The van der Waals surface area contributed by atoms with Gasteiger partial charge in [0, 0.05) is 10.0 Å². The summed E-state index contributed by atoms with van der Waals surface area (Å²) in [5, 5.41) is 1.62. The second kappa shape index (κ2) is 10.6. The first-order valence-electron chi connectivity index (χ1n) is 7.68. The Morgan fingerprint density at radius 1 is 0.737 bits per heavy atom. The zero-order valence-corrected chi connectivity index (χ0v) is 13.6. The van der Waals surface area contributed by atoms with Gasteiger partial charge in [-0.15, -0.1) is 0 Å². The number of halogens is 2. The topological polar surface area (TPSA) is 0 Å². The number of unbranched alkanes of at least 4 members (excludes halogenated alkanes) is 8. The average Bonchev–Trinajstić information content (AvgIpc) is 2.40. The highest BCUT2D eigenvalue weighted by molar-refractivity contribution is 6.35. The van der Waals surface area contributed by atoms with E-state index in [1.807, 2.05) is 18.2 Å². The SMILES string of the molecule is CCCCCCCCCCCc1c(Cl)cccc1Cl. The molecule has 0 aliphatic heterocycles. The van der Waals surface area contributed by atoms with E-state index in [0.717, 1.165) is 22.0 Å². The molecule has 0 heterocycles. The predicted molar refractivity (Wildman–Crippen MR) is 87.4 cm³/mol. The summed E-state index contributed by atoms with van der Waals surface area (Å²) in [7, 11) is 0. The molecule has 1 aromatic rings. The summed E-state index contributed by atoms with van der Waals surface area (Å²) in [4.78, 5) is 0. The third-order valence-electron chi connectivity index (χ3n) is 3.59. The molecule has 0 spiro atoms. The van der Waals surface area contributed by atoms with E-state index in [0.29, 0.717) is 0 Å². The second-order valence-corrected chi connectivity index (χ2v) is 6.09. The molecule has 1 aromatic carbocycles. The van der Waals surface area contributed by atoms with Gasteiger partial charge in [0.15, 0.2) is 0 Å². The van der Waals surface area contributed by atoms with Gasteiger partial charge in [-0.3, -0.25) is 0 Å². The maximum atomic E-state index is 6.16. The molecule has 0 bridgehead atoms. The van der Waals surface area contributed by atoms with Gasteiger partial charge in [0.25, 0.3) is 0 Å². The minimum absolute atomic E-state index is 0.812. The van der Waals surface area contributed by atoms with Crippen LogP contribution in [0.25, 0.3) is 0 Å². The van der Waals surface area contributed by atoms with Crippen LogP contribution in [0.2, 0.25) is 10.0 Å². The van der Waals surface area contributed by atoms with E-state index in [1.54, 1.807) is 0 Å². The maximum Gasteiger partial charge on any atom is 0.0452 e. The molecule has 0 unspecified atom stereocenters. The van der Waals surface area contributed by atoms with Crippen molar-refractivity contribution in [2.45, 2.75) is 71.1 Å². The van der Waals surface area contributed by atoms with Gasteiger partial charge in [-0.1, -0.05) is 87.6 Å². The van der Waals surface area contributed by atoms with Crippen LogP contribution in [0.5, 0.6) is 0 Å². The Labute approximate surface area is 128 Å². The van der Waals surface area contributed by atoms with Crippen molar-refractivity contribution in [2.75, 3.05) is 0 Å². The van der Waals surface area contributed by atoms with Gasteiger partial charge in [0.1, 0.15) is 0 Å². The summed E-state index contributed by atoms with van der Waals surface area (Å²) in [5.41, 5.74) is 1.12. The molecule has 0 aliphatic carbocycles. The zero-order chi connectivity index (χ0) is 13.9. The molecule has 19 heavy (non-hydrogen) atoms. The molecule has 0 aliphatic rings. The lowest BCUT2D eigenvalue weighted by atomic mass is 10.0. The summed E-state index contributed by atoms with van der Waals surface area (Å²) in [6, 6.07) is 5.76. The molecular weight excluding hydrogens is 275 g/mol. The number of hydrogen-bond donors (Lipinski definition) is 0. The quantitative estimate of drug-likeness (QED) is 0.405. The molecule has 0 radical (unpaired) electrons. The van der Waals surface area contributed by atoms with Crippen LogP contribution >= 0.6 is 23.2 Å². The summed E-state index contributed by atoms with van der Waals surface area (Å²) in [6.07, 6.45) is 13.1. The van der Waals surface area contributed by atoms with Crippen LogP contribution in [0.1, 0.15) is 70.3 Å². The van der Waals surface area contributed by atoms with Crippen LogP contribution in [-0.2, 0) is 6.42 Å². The first-order valence-corrected chi connectivity index (χ1v) is 8.44. The van der Waals surface area contributed by atoms with Crippen molar-refractivity contribution in [3.63, 3.8) is 0 Å². The summed E-state index contributed by atoms with van der Waals surface area (Å²) in [6.45, 7) is 2.26. The average molecular weight is 301 g/mol. The van der Waals surface area contributed by atoms with Gasteiger partial charge < -0.3 is 0 Å². The van der Waals surface area contributed by atoms with Gasteiger partial charge in [-0.05, 0) is 30.5 Å². The first kappa shape index (κ1) is 16.9. The van der Waals surface area contributed by atoms with Gasteiger partial charge in [0.05, 0.1) is 0 Å². The van der Waals surface area contributed by atoms with Gasteiger partial charge in [-0.2, -0.15) is 0 Å². The molecule has 0 fully saturated rings. The largest absolute Gasteiger partial charge is 0.0840 e. The minimum atomic E-state index is 0.812. The molecule has 0 N–H and O–H groups in total. The lowest BCUT2D eigenvalue weighted by molar-refractivity contribution is 0.565. The Hall–Kier alpha value is -0.200. The maximum absolute atomic E-state index is 6.16. The molecule has 0 atom stereocenters. The number of benzene rings is 1. The third kappa shape index (κ3) is 7.22. The van der Waals surface area contributed by atoms with Crippen LogP contribution in [0.15, 0.2) is 18.2 Å². The highest BCUT2D eigenvalue weighted by Gasteiger charge is 2.04. The van der Waals surface area contributed by atoms with Crippen LogP contribution < -0.4 is 0 Å². The Balaban J connectivity index is 2.05. The van der Waals surface area contributed by atoms with Crippen LogP contribution in [0.4, 0.5) is 0 Å². The van der Waals surface area contributed by atoms with Crippen molar-refractivity contribution < 1.29 is 0 Å². The van der Waals surface area contributed by atoms with Crippen molar-refractivity contribution in [2.24, 2.45) is 0 Å². The fraction of sp³-hybridized carbons (Fsp3) is 0.647. The molecule has 0 saturated carbocycles. The Bertz CT molecular complexity index is 327. The van der Waals surface area contributed by atoms with Crippen LogP contribution in [0, 0.1) is 0 Å². The number of rotatable bonds is 10. The molecule has 1 rings (SSSR count). The van der Waals surface area contributed by atoms with Gasteiger partial charge in [-0.25, -0.2) is 0 Å². The van der Waals surface area contributed by atoms with E-state index in [4.69, 9.17) is 23.2 Å². The Morgan fingerprint density at radius 3 is 1.74 bits per heavy atom. The van der Waals surface area contributed by atoms with E-state index in [9.17, 15) is 0 Å². The van der Waals surface area contributed by atoms with E-state index < -0.39 is 0 Å². The standard InChI is InChI=1S/C17H26Cl2/c1-2-3-4-5-6-7-8-9-10-12-15-16(18)13-11-14-17(15)19/h11,13-14H,2-10,12H2,1H3. The summed E-state index contributed by atoms with van der Waals surface area (Å²) < 4.78 is 0. The summed E-state index contributed by atoms with van der Waals surface area (Å²) >= 11 is 12.3. The Morgan fingerprint density at radius 2 is 1.21 bits per heavy atom. The zero-order valence-electron chi connectivity index (χ0n) is 12.1. The van der Waals surface area contributed by atoms with Crippen molar-refractivity contribution >= 4 is 23.2 Å². The smallest absolute Gasteiger partial charge is 0.0452 e. The first-order chi connectivity index (χ1) is 9.25. The van der Waals surface area contributed by atoms with Gasteiger partial charge in [0.2, 0.25) is 0 Å². The highest BCUT2D eigenvalue weighted by atomic mass is 35.5. The molecule has 108 valence electrons. The lowest BCUT2D eigenvalue weighted by Gasteiger charge is -2.06. The molecule has 2 heteroatoms. The molecule has 0 nitrogen and oxygen atoms in total. The highest BCUT2D eigenvalue weighted by Crippen LogP contribution is 2.26. The lowest BCUT2D eigenvalue weighted by Crippen LogP contribution is -1.89. The normalized spacial score (nSPS) is 10.9. The van der Waals surface area contributed by atoms with Crippen molar-refractivity contribution in [1.82, 2.24) is 0 Å². The van der Waals surface area contributed by atoms with Crippen molar-refractivity contribution in [3.05, 3.63) is 33.8 Å². The van der Waals surface area contributed by atoms with Crippen LogP contribution in [-0.4, -0.2) is 0 Å². The van der Waals surface area contributed by atoms with Crippen molar-refractivity contribution in [1.29, 1.82) is 0 Å². The molecular formula is C17H26Cl2. The van der Waals surface area contributed by atoms with Crippen molar-refractivity contribution in [3.8, 4) is 0 Å².